The van der Waals surface area contributed by atoms with E-state index in [-0.39, 0.29) is 0 Å². The molecule has 0 radical (unpaired) electrons. The zero-order valence-corrected chi connectivity index (χ0v) is 12.1. The van der Waals surface area contributed by atoms with E-state index in [2.05, 4.69) is 11.4 Å². The first-order valence-corrected chi connectivity index (χ1v) is 7.84. The van der Waals surface area contributed by atoms with Crippen LogP contribution in [-0.2, 0) is 6.42 Å². The first-order chi connectivity index (χ1) is 9.33. The fraction of sp³-hybridized carbons (Fsp3) is 0.625. The van der Waals surface area contributed by atoms with Crippen molar-refractivity contribution in [2.45, 2.75) is 44.6 Å². The number of para-hydroxylation sites is 1. The SMILES string of the molecule is Clc1cccc(CC2CCCCN2)c1OCC1CC1. The Balaban J connectivity index is 1.68. The third-order valence-electron chi connectivity index (χ3n) is 4.09. The summed E-state index contributed by atoms with van der Waals surface area (Å²) in [6.07, 6.45) is 7.54. The fourth-order valence-electron chi connectivity index (χ4n) is 2.73. The van der Waals surface area contributed by atoms with Gasteiger partial charge < -0.3 is 10.1 Å². The van der Waals surface area contributed by atoms with Crippen molar-refractivity contribution < 1.29 is 4.74 Å². The molecule has 2 nitrogen and oxygen atoms in total. The molecule has 0 amide bonds. The van der Waals surface area contributed by atoms with E-state index in [4.69, 9.17) is 16.3 Å². The van der Waals surface area contributed by atoms with E-state index < -0.39 is 0 Å². The zero-order chi connectivity index (χ0) is 13.1. The molecule has 0 spiro atoms. The molecule has 1 aliphatic heterocycles. The number of benzene rings is 1. The minimum atomic E-state index is 0.579. The van der Waals surface area contributed by atoms with Gasteiger partial charge in [0, 0.05) is 6.04 Å². The van der Waals surface area contributed by atoms with Crippen molar-refractivity contribution in [2.24, 2.45) is 5.92 Å². The number of nitrogens with one attached hydrogen (secondary N) is 1. The number of rotatable bonds is 5. The number of hydrogen-bond donors (Lipinski definition) is 1. The molecule has 1 saturated carbocycles. The highest BCUT2D eigenvalue weighted by Gasteiger charge is 2.23. The Morgan fingerprint density at radius 3 is 2.84 bits per heavy atom. The minimum Gasteiger partial charge on any atom is -0.491 e. The lowest BCUT2D eigenvalue weighted by Crippen LogP contribution is -2.35. The van der Waals surface area contributed by atoms with Crippen LogP contribution in [0, 0.1) is 5.92 Å². The molecule has 3 rings (SSSR count). The van der Waals surface area contributed by atoms with Crippen LogP contribution in [0.5, 0.6) is 5.75 Å². The van der Waals surface area contributed by atoms with Crippen LogP contribution in [0.4, 0.5) is 0 Å². The molecule has 2 fully saturated rings. The van der Waals surface area contributed by atoms with Crippen LogP contribution in [-0.4, -0.2) is 19.2 Å². The van der Waals surface area contributed by atoms with Crippen molar-refractivity contribution in [1.82, 2.24) is 5.32 Å². The van der Waals surface area contributed by atoms with Gasteiger partial charge in [0.25, 0.3) is 0 Å². The van der Waals surface area contributed by atoms with Crippen LogP contribution < -0.4 is 10.1 Å². The van der Waals surface area contributed by atoms with Gasteiger partial charge in [0.05, 0.1) is 11.6 Å². The Morgan fingerprint density at radius 1 is 1.21 bits per heavy atom. The first kappa shape index (κ1) is 13.3. The average Bonchev–Trinajstić information content (AvgIpc) is 3.23. The topological polar surface area (TPSA) is 21.3 Å². The average molecular weight is 280 g/mol. The second kappa shape index (κ2) is 6.15. The summed E-state index contributed by atoms with van der Waals surface area (Å²) in [5.74, 6) is 1.68. The van der Waals surface area contributed by atoms with E-state index in [0.717, 1.165) is 36.3 Å². The summed E-state index contributed by atoms with van der Waals surface area (Å²) < 4.78 is 5.97. The van der Waals surface area contributed by atoms with Gasteiger partial charge in [-0.1, -0.05) is 30.2 Å². The second-order valence-corrected chi connectivity index (χ2v) is 6.24. The first-order valence-electron chi connectivity index (χ1n) is 7.46. The monoisotopic (exact) mass is 279 g/mol. The van der Waals surface area contributed by atoms with Gasteiger partial charge >= 0.3 is 0 Å². The van der Waals surface area contributed by atoms with Gasteiger partial charge in [-0.3, -0.25) is 0 Å². The molecular formula is C16H22ClNO. The molecule has 3 heteroatoms. The summed E-state index contributed by atoms with van der Waals surface area (Å²) >= 11 is 6.31. The molecule has 1 N–H and O–H groups in total. The molecule has 104 valence electrons. The van der Waals surface area contributed by atoms with Crippen molar-refractivity contribution in [3.8, 4) is 5.75 Å². The Labute approximate surface area is 120 Å². The van der Waals surface area contributed by atoms with Gasteiger partial charge in [0.2, 0.25) is 0 Å². The summed E-state index contributed by atoms with van der Waals surface area (Å²) in [5.41, 5.74) is 1.26. The Bertz CT molecular complexity index is 425. The normalized spacial score (nSPS) is 23.3. The maximum absolute atomic E-state index is 6.31. The van der Waals surface area contributed by atoms with E-state index in [1.807, 2.05) is 12.1 Å². The standard InChI is InChI=1S/C16H22ClNO/c17-15-6-3-4-13(10-14-5-1-2-9-18-14)16(15)19-11-12-7-8-12/h3-4,6,12,14,18H,1-2,5,7-11H2. The van der Waals surface area contributed by atoms with E-state index >= 15 is 0 Å². The van der Waals surface area contributed by atoms with Crippen LogP contribution in [0.3, 0.4) is 0 Å². The maximum Gasteiger partial charge on any atom is 0.141 e. The molecule has 1 aromatic carbocycles. The molecule has 1 aromatic rings. The lowest BCUT2D eigenvalue weighted by molar-refractivity contribution is 0.294. The summed E-state index contributed by atoms with van der Waals surface area (Å²) in [6.45, 7) is 1.97. The third kappa shape index (κ3) is 3.64. The highest BCUT2D eigenvalue weighted by molar-refractivity contribution is 6.32. The van der Waals surface area contributed by atoms with Crippen molar-refractivity contribution in [3.05, 3.63) is 28.8 Å². The van der Waals surface area contributed by atoms with Gasteiger partial charge in [0.1, 0.15) is 5.75 Å². The summed E-state index contributed by atoms with van der Waals surface area (Å²) in [7, 11) is 0. The number of hydrogen-bond acceptors (Lipinski definition) is 2. The molecule has 1 atom stereocenters. The Kier molecular flexibility index (Phi) is 4.29. The molecule has 2 aliphatic rings. The fourth-order valence-corrected chi connectivity index (χ4v) is 2.97. The highest BCUT2D eigenvalue weighted by Crippen LogP contribution is 2.34. The van der Waals surface area contributed by atoms with Gasteiger partial charge in [-0.15, -0.1) is 0 Å². The summed E-state index contributed by atoms with van der Waals surface area (Å²) in [4.78, 5) is 0. The molecule has 1 saturated heterocycles. The van der Waals surface area contributed by atoms with Gasteiger partial charge in [-0.05, 0) is 56.2 Å². The maximum atomic E-state index is 6.31. The van der Waals surface area contributed by atoms with Crippen molar-refractivity contribution in [3.63, 3.8) is 0 Å². The van der Waals surface area contributed by atoms with Crippen LogP contribution in [0.15, 0.2) is 18.2 Å². The van der Waals surface area contributed by atoms with E-state index in [1.165, 1.54) is 37.7 Å². The lowest BCUT2D eigenvalue weighted by Gasteiger charge is -2.24. The predicted octanol–water partition coefficient (Wildman–Crippen LogP) is 3.81. The molecule has 0 aromatic heterocycles. The number of ether oxygens (including phenoxy) is 1. The van der Waals surface area contributed by atoms with Crippen LogP contribution in [0.1, 0.15) is 37.7 Å². The molecular weight excluding hydrogens is 258 g/mol. The molecule has 1 unspecified atom stereocenters. The highest BCUT2D eigenvalue weighted by atomic mass is 35.5. The molecule has 19 heavy (non-hydrogen) atoms. The van der Waals surface area contributed by atoms with Crippen molar-refractivity contribution in [1.29, 1.82) is 0 Å². The molecule has 0 bridgehead atoms. The van der Waals surface area contributed by atoms with Crippen molar-refractivity contribution >= 4 is 11.6 Å². The minimum absolute atomic E-state index is 0.579. The number of halogens is 1. The molecule has 1 aliphatic carbocycles. The van der Waals surface area contributed by atoms with Crippen LogP contribution in [0.2, 0.25) is 5.02 Å². The predicted molar refractivity (Wildman–Crippen MR) is 79.0 cm³/mol. The summed E-state index contributed by atoms with van der Waals surface area (Å²) in [6, 6.07) is 6.70. The van der Waals surface area contributed by atoms with Gasteiger partial charge in [-0.25, -0.2) is 0 Å². The van der Waals surface area contributed by atoms with Gasteiger partial charge in [-0.2, -0.15) is 0 Å². The smallest absolute Gasteiger partial charge is 0.141 e. The second-order valence-electron chi connectivity index (χ2n) is 5.83. The quantitative estimate of drug-likeness (QED) is 0.885. The third-order valence-corrected chi connectivity index (χ3v) is 4.39. The van der Waals surface area contributed by atoms with Crippen LogP contribution >= 0.6 is 11.6 Å². The van der Waals surface area contributed by atoms with E-state index in [1.54, 1.807) is 0 Å². The Hall–Kier alpha value is -0.730. The summed E-state index contributed by atoms with van der Waals surface area (Å²) in [5, 5.41) is 4.35. The number of piperidine rings is 1. The van der Waals surface area contributed by atoms with Crippen molar-refractivity contribution in [2.75, 3.05) is 13.2 Å². The zero-order valence-electron chi connectivity index (χ0n) is 11.3. The van der Waals surface area contributed by atoms with E-state index in [0.29, 0.717) is 6.04 Å². The largest absolute Gasteiger partial charge is 0.491 e. The van der Waals surface area contributed by atoms with Gasteiger partial charge in [0.15, 0.2) is 0 Å². The van der Waals surface area contributed by atoms with Crippen LogP contribution in [0.25, 0.3) is 0 Å². The molecule has 1 heterocycles. The lowest BCUT2D eigenvalue weighted by atomic mass is 9.97. The Morgan fingerprint density at radius 2 is 2.11 bits per heavy atom. The van der Waals surface area contributed by atoms with E-state index in [9.17, 15) is 0 Å².